The molecule has 0 amide bonds. The summed E-state index contributed by atoms with van der Waals surface area (Å²) in [6.07, 6.45) is -12.8. The molecule has 2 nitrogen and oxygen atoms in total. The summed E-state index contributed by atoms with van der Waals surface area (Å²) in [6, 6.07) is 0. The van der Waals surface area contributed by atoms with Gasteiger partial charge in [-0.15, -0.1) is 0 Å². The van der Waals surface area contributed by atoms with Crippen molar-refractivity contribution in [2.75, 3.05) is 0 Å². The number of rotatable bonds is 2. The SMILES string of the molecule is N#C[B-](F)(C#N)C(F)(F)C(F)(F)C(F)(F)F. The molecule has 0 bridgehead atoms. The lowest BCUT2D eigenvalue weighted by Crippen LogP contribution is -2.64. The molecule has 0 radical (unpaired) electrons. The third kappa shape index (κ3) is 1.66. The molecule has 0 saturated heterocycles. The normalized spacial score (nSPS) is 14.1. The standard InChI is InChI=1S/C5BF8N2/c7-3(8,5(11,12)13)4(9,10)6(14,1-15)2-16/q-1. The van der Waals surface area contributed by atoms with E-state index < -0.39 is 24.3 Å². The molecule has 0 atom stereocenters. The van der Waals surface area contributed by atoms with Crippen molar-refractivity contribution in [3.63, 3.8) is 0 Å². The van der Waals surface area contributed by atoms with Gasteiger partial charge in [-0.1, -0.05) is 11.9 Å². The minimum Gasteiger partial charge on any atom is -0.476 e. The Kier molecular flexibility index (Phi) is 3.17. The van der Waals surface area contributed by atoms with Gasteiger partial charge in [0.05, 0.1) is 0 Å². The molecule has 90 valence electrons. The van der Waals surface area contributed by atoms with Crippen molar-refractivity contribution in [1.82, 2.24) is 0 Å². The zero-order chi connectivity index (χ0) is 13.4. The maximum atomic E-state index is 12.7. The smallest absolute Gasteiger partial charge is 0.456 e. The lowest BCUT2D eigenvalue weighted by molar-refractivity contribution is -0.336. The average Bonchev–Trinajstić information content (AvgIpc) is 2.14. The number of nitriles is 2. The first kappa shape index (κ1) is 14.5. The molecule has 0 aromatic carbocycles. The van der Waals surface area contributed by atoms with Gasteiger partial charge in [-0.3, -0.25) is 0 Å². The summed E-state index contributed by atoms with van der Waals surface area (Å²) in [4.78, 5) is 0. The number of alkyl halides is 7. The summed E-state index contributed by atoms with van der Waals surface area (Å²) in [5.74, 6) is -13.6. The van der Waals surface area contributed by atoms with Crippen molar-refractivity contribution in [1.29, 1.82) is 10.5 Å². The van der Waals surface area contributed by atoms with E-state index in [1.54, 1.807) is 0 Å². The third-order valence-electron chi connectivity index (χ3n) is 1.63. The van der Waals surface area contributed by atoms with Crippen molar-refractivity contribution >= 4 is 6.42 Å². The van der Waals surface area contributed by atoms with E-state index >= 15 is 0 Å². The predicted octanol–water partition coefficient (Wildman–Crippen LogP) is 2.40. The van der Waals surface area contributed by atoms with E-state index in [0.29, 0.717) is 0 Å². The van der Waals surface area contributed by atoms with Gasteiger partial charge >= 0.3 is 18.5 Å². The zero-order valence-electron chi connectivity index (χ0n) is 7.00. The van der Waals surface area contributed by atoms with Crippen LogP contribution in [-0.4, -0.2) is 24.3 Å². The monoisotopic (exact) mass is 251 g/mol. The lowest BCUT2D eigenvalue weighted by Gasteiger charge is -2.36. The summed E-state index contributed by atoms with van der Waals surface area (Å²) in [5.41, 5.74) is 0. The van der Waals surface area contributed by atoms with Crippen LogP contribution >= 0.6 is 0 Å². The topological polar surface area (TPSA) is 47.6 Å². The molecule has 0 unspecified atom stereocenters. The Morgan fingerprint density at radius 2 is 1.12 bits per heavy atom. The second-order valence-electron chi connectivity index (χ2n) is 2.71. The quantitative estimate of drug-likeness (QED) is 0.558. The number of hydrogen-bond acceptors (Lipinski definition) is 2. The Morgan fingerprint density at radius 3 is 1.31 bits per heavy atom. The molecule has 11 heteroatoms. The molecule has 0 fully saturated rings. The molecule has 0 saturated carbocycles. The predicted molar refractivity (Wildman–Crippen MR) is 34.0 cm³/mol. The second-order valence-corrected chi connectivity index (χ2v) is 2.71. The van der Waals surface area contributed by atoms with E-state index in [1.807, 2.05) is 0 Å². The van der Waals surface area contributed by atoms with Crippen LogP contribution in [0.5, 0.6) is 0 Å². The average molecular weight is 251 g/mol. The van der Waals surface area contributed by atoms with Crippen LogP contribution < -0.4 is 0 Å². The highest BCUT2D eigenvalue weighted by Gasteiger charge is 2.77. The molecule has 16 heavy (non-hydrogen) atoms. The minimum absolute atomic E-state index is 0.149. The van der Waals surface area contributed by atoms with E-state index in [4.69, 9.17) is 10.5 Å². The molecular formula is C5BF8N2-. The molecule has 0 aliphatic rings. The summed E-state index contributed by atoms with van der Waals surface area (Å²) in [7, 11) is 0. The lowest BCUT2D eigenvalue weighted by atomic mass is 9.40. The zero-order valence-corrected chi connectivity index (χ0v) is 7.00. The Balaban J connectivity index is 5.75. The van der Waals surface area contributed by atoms with Crippen molar-refractivity contribution in [3.8, 4) is 11.9 Å². The van der Waals surface area contributed by atoms with Gasteiger partial charge in [-0.05, 0) is 0 Å². The first-order valence-corrected chi connectivity index (χ1v) is 3.35. The summed E-state index contributed by atoms with van der Waals surface area (Å²) < 4.78 is 96.6. The van der Waals surface area contributed by atoms with Crippen molar-refractivity contribution in [2.45, 2.75) is 17.9 Å². The van der Waals surface area contributed by atoms with E-state index in [2.05, 4.69) is 0 Å². The molecule has 0 rings (SSSR count). The van der Waals surface area contributed by atoms with Gasteiger partial charge in [0, 0.05) is 0 Å². The van der Waals surface area contributed by atoms with Gasteiger partial charge in [0.15, 0.2) is 0 Å². The summed E-state index contributed by atoms with van der Waals surface area (Å²) in [5, 5.41) is 15.5. The van der Waals surface area contributed by atoms with Crippen molar-refractivity contribution in [2.24, 2.45) is 0 Å². The minimum atomic E-state index is -6.81. The van der Waals surface area contributed by atoms with Crippen LogP contribution in [0.3, 0.4) is 0 Å². The molecule has 0 aromatic rings. The number of nitrogens with zero attached hydrogens (tertiary/aromatic N) is 2. The summed E-state index contributed by atoms with van der Waals surface area (Å²) in [6.45, 7) is 0. The molecule has 0 aliphatic carbocycles. The maximum Gasteiger partial charge on any atom is 0.456 e. The van der Waals surface area contributed by atoms with Crippen LogP contribution in [0, 0.1) is 22.5 Å². The highest BCUT2D eigenvalue weighted by Crippen LogP contribution is 2.50. The van der Waals surface area contributed by atoms with E-state index in [9.17, 15) is 35.0 Å². The van der Waals surface area contributed by atoms with Crippen LogP contribution in [0.4, 0.5) is 35.0 Å². The first-order chi connectivity index (χ1) is 6.87. The van der Waals surface area contributed by atoms with Crippen molar-refractivity contribution in [3.05, 3.63) is 0 Å². The van der Waals surface area contributed by atoms with Gasteiger partial charge in [0.25, 0.3) is 5.82 Å². The van der Waals surface area contributed by atoms with Crippen LogP contribution in [0.15, 0.2) is 0 Å². The fourth-order valence-corrected chi connectivity index (χ4v) is 0.630. The fraction of sp³-hybridized carbons (Fsp3) is 0.600. The largest absolute Gasteiger partial charge is 0.476 e. The van der Waals surface area contributed by atoms with Crippen LogP contribution in [-0.2, 0) is 0 Å². The summed E-state index contributed by atoms with van der Waals surface area (Å²) >= 11 is 0. The molecule has 0 N–H and O–H groups in total. The molecule has 0 aromatic heterocycles. The van der Waals surface area contributed by atoms with Gasteiger partial charge in [0.2, 0.25) is 0 Å². The van der Waals surface area contributed by atoms with Gasteiger partial charge in [0.1, 0.15) is 0 Å². The molecule has 0 spiro atoms. The van der Waals surface area contributed by atoms with E-state index in [-0.39, 0.29) is 11.9 Å². The van der Waals surface area contributed by atoms with E-state index in [0.717, 1.165) is 0 Å². The van der Waals surface area contributed by atoms with E-state index in [1.165, 1.54) is 0 Å². The van der Waals surface area contributed by atoms with Gasteiger partial charge in [-0.2, -0.15) is 22.0 Å². The Labute approximate surface area is 83.0 Å². The fourth-order valence-electron chi connectivity index (χ4n) is 0.630. The Morgan fingerprint density at radius 1 is 0.812 bits per heavy atom. The Bertz CT molecular complexity index is 346. The van der Waals surface area contributed by atoms with Gasteiger partial charge < -0.3 is 4.32 Å². The molecule has 0 heterocycles. The maximum absolute atomic E-state index is 12.7. The highest BCUT2D eigenvalue weighted by molar-refractivity contribution is 6.89. The third-order valence-corrected chi connectivity index (χ3v) is 1.63. The molecule has 0 aliphatic heterocycles. The number of halogens is 8. The number of hydrogen-bond donors (Lipinski definition) is 0. The van der Waals surface area contributed by atoms with Crippen LogP contribution in [0.2, 0.25) is 0 Å². The van der Waals surface area contributed by atoms with Crippen molar-refractivity contribution < 1.29 is 35.0 Å². The highest BCUT2D eigenvalue weighted by atomic mass is 19.4. The first-order valence-electron chi connectivity index (χ1n) is 3.35. The van der Waals surface area contributed by atoms with Crippen LogP contribution in [0.1, 0.15) is 0 Å². The van der Waals surface area contributed by atoms with Gasteiger partial charge in [-0.25, -0.2) is 19.3 Å². The Hall–Kier alpha value is -1.52. The van der Waals surface area contributed by atoms with Crippen LogP contribution in [0.25, 0.3) is 0 Å². The molecular weight excluding hydrogens is 251 g/mol. The second kappa shape index (κ2) is 3.51.